The Kier molecular flexibility index (Phi) is 3.42. The van der Waals surface area contributed by atoms with E-state index in [9.17, 15) is 4.79 Å². The Morgan fingerprint density at radius 2 is 1.75 bits per heavy atom. The number of hydrogen-bond donors (Lipinski definition) is 2. The summed E-state index contributed by atoms with van der Waals surface area (Å²) in [6.45, 7) is 0. The zero-order chi connectivity index (χ0) is 13.9. The number of amides is 1. The van der Waals surface area contributed by atoms with Gasteiger partial charge in [-0.3, -0.25) is 4.79 Å². The maximum absolute atomic E-state index is 12.1. The zero-order valence-electron chi connectivity index (χ0n) is 11.5. The third kappa shape index (κ3) is 2.67. The van der Waals surface area contributed by atoms with E-state index < -0.39 is 0 Å². The first-order chi connectivity index (χ1) is 9.78. The predicted octanol–water partition coefficient (Wildman–Crippen LogP) is 3.01. The lowest BCUT2D eigenvalue weighted by atomic mass is 10.1. The molecule has 0 saturated heterocycles. The van der Waals surface area contributed by atoms with Crippen molar-refractivity contribution in [1.29, 1.82) is 0 Å². The fourth-order valence-corrected chi connectivity index (χ4v) is 2.46. The van der Waals surface area contributed by atoms with Crippen LogP contribution in [0.1, 0.15) is 28.3 Å². The molecule has 2 aromatic carbocycles. The highest BCUT2D eigenvalue weighted by Gasteiger charge is 2.39. The summed E-state index contributed by atoms with van der Waals surface area (Å²) in [6, 6.07) is 18.1. The summed E-state index contributed by atoms with van der Waals surface area (Å²) in [5, 5.41) is 6.14. The molecule has 0 aliphatic heterocycles. The normalized spacial score (nSPS) is 20.2. The van der Waals surface area contributed by atoms with E-state index in [1.165, 1.54) is 5.56 Å². The van der Waals surface area contributed by atoms with Crippen molar-refractivity contribution in [3.05, 3.63) is 65.7 Å². The molecule has 1 saturated carbocycles. The van der Waals surface area contributed by atoms with Crippen LogP contribution in [0.3, 0.4) is 0 Å². The standard InChI is InChI=1S/C17H18N2O/c1-18-14-9-7-13(8-10-14)17(20)19-16-11-15(16)12-5-3-2-4-6-12/h2-10,15-16,18H,11H2,1H3,(H,19,20). The number of benzene rings is 2. The van der Waals surface area contributed by atoms with Gasteiger partial charge in [-0.1, -0.05) is 30.3 Å². The Morgan fingerprint density at radius 3 is 2.40 bits per heavy atom. The fourth-order valence-electron chi connectivity index (χ4n) is 2.46. The molecule has 1 aliphatic rings. The van der Waals surface area contributed by atoms with Crippen LogP contribution in [0.15, 0.2) is 54.6 Å². The molecule has 0 heterocycles. The van der Waals surface area contributed by atoms with Crippen molar-refractivity contribution in [3.8, 4) is 0 Å². The van der Waals surface area contributed by atoms with Gasteiger partial charge in [0.2, 0.25) is 0 Å². The highest BCUT2D eigenvalue weighted by atomic mass is 16.1. The smallest absolute Gasteiger partial charge is 0.251 e. The highest BCUT2D eigenvalue weighted by Crippen LogP contribution is 2.40. The van der Waals surface area contributed by atoms with Gasteiger partial charge in [0, 0.05) is 30.3 Å². The van der Waals surface area contributed by atoms with E-state index in [1.54, 1.807) is 0 Å². The summed E-state index contributed by atoms with van der Waals surface area (Å²) in [5.41, 5.74) is 3.03. The lowest BCUT2D eigenvalue weighted by Crippen LogP contribution is -2.26. The second kappa shape index (κ2) is 5.37. The van der Waals surface area contributed by atoms with Crippen LogP contribution in [0.4, 0.5) is 5.69 Å². The average Bonchev–Trinajstić information content (AvgIpc) is 3.27. The van der Waals surface area contributed by atoms with Gasteiger partial charge in [0.05, 0.1) is 0 Å². The molecule has 102 valence electrons. The van der Waals surface area contributed by atoms with Crippen LogP contribution in [0, 0.1) is 0 Å². The quantitative estimate of drug-likeness (QED) is 0.893. The number of nitrogens with one attached hydrogen (secondary N) is 2. The molecule has 2 atom stereocenters. The molecule has 1 amide bonds. The van der Waals surface area contributed by atoms with Crippen LogP contribution < -0.4 is 10.6 Å². The number of rotatable bonds is 4. The molecule has 2 N–H and O–H groups in total. The van der Waals surface area contributed by atoms with Gasteiger partial charge in [0.15, 0.2) is 0 Å². The molecule has 2 unspecified atom stereocenters. The van der Waals surface area contributed by atoms with Crippen molar-refractivity contribution in [2.45, 2.75) is 18.4 Å². The largest absolute Gasteiger partial charge is 0.388 e. The Morgan fingerprint density at radius 1 is 1.05 bits per heavy atom. The molecule has 1 aliphatic carbocycles. The first kappa shape index (κ1) is 12.7. The summed E-state index contributed by atoms with van der Waals surface area (Å²) in [6.07, 6.45) is 1.03. The number of carbonyl (C=O) groups excluding carboxylic acids is 1. The SMILES string of the molecule is CNc1ccc(C(=O)NC2CC2c2ccccc2)cc1. The van der Waals surface area contributed by atoms with Crippen LogP contribution in [0.5, 0.6) is 0 Å². The lowest BCUT2D eigenvalue weighted by molar-refractivity contribution is 0.0950. The Balaban J connectivity index is 1.60. The second-order valence-corrected chi connectivity index (χ2v) is 5.16. The van der Waals surface area contributed by atoms with E-state index in [0.717, 1.165) is 12.1 Å². The summed E-state index contributed by atoms with van der Waals surface area (Å²) < 4.78 is 0. The molecule has 0 spiro atoms. The van der Waals surface area contributed by atoms with Crippen LogP contribution in [-0.2, 0) is 0 Å². The summed E-state index contributed by atoms with van der Waals surface area (Å²) in [7, 11) is 1.86. The van der Waals surface area contributed by atoms with Crippen molar-refractivity contribution in [2.24, 2.45) is 0 Å². The van der Waals surface area contributed by atoms with Gasteiger partial charge in [-0.2, -0.15) is 0 Å². The van der Waals surface area contributed by atoms with Gasteiger partial charge in [0.25, 0.3) is 5.91 Å². The molecule has 3 rings (SSSR count). The van der Waals surface area contributed by atoms with Gasteiger partial charge < -0.3 is 10.6 Å². The summed E-state index contributed by atoms with van der Waals surface area (Å²) in [4.78, 5) is 12.1. The van der Waals surface area contributed by atoms with E-state index in [-0.39, 0.29) is 11.9 Å². The molecule has 0 aromatic heterocycles. The second-order valence-electron chi connectivity index (χ2n) is 5.16. The van der Waals surface area contributed by atoms with Crippen molar-refractivity contribution >= 4 is 11.6 Å². The minimum absolute atomic E-state index is 0.0103. The third-order valence-electron chi connectivity index (χ3n) is 3.77. The molecule has 0 bridgehead atoms. The topological polar surface area (TPSA) is 41.1 Å². The van der Waals surface area contributed by atoms with Gasteiger partial charge in [-0.25, -0.2) is 0 Å². The lowest BCUT2D eigenvalue weighted by Gasteiger charge is -2.06. The first-order valence-electron chi connectivity index (χ1n) is 6.91. The van der Waals surface area contributed by atoms with Crippen molar-refractivity contribution < 1.29 is 4.79 Å². The Hall–Kier alpha value is -2.29. The molecular weight excluding hydrogens is 248 g/mol. The number of anilines is 1. The Bertz CT molecular complexity index is 592. The molecule has 1 fully saturated rings. The van der Waals surface area contributed by atoms with Gasteiger partial charge in [0.1, 0.15) is 0 Å². The summed E-state index contributed by atoms with van der Waals surface area (Å²) >= 11 is 0. The number of carbonyl (C=O) groups is 1. The molecule has 3 nitrogen and oxygen atoms in total. The Labute approximate surface area is 119 Å². The maximum atomic E-state index is 12.1. The minimum atomic E-state index is 0.0103. The predicted molar refractivity (Wildman–Crippen MR) is 81.0 cm³/mol. The van der Waals surface area contributed by atoms with Crippen molar-refractivity contribution in [3.63, 3.8) is 0 Å². The molecule has 20 heavy (non-hydrogen) atoms. The fraction of sp³-hybridized carbons (Fsp3) is 0.235. The monoisotopic (exact) mass is 266 g/mol. The van der Waals surface area contributed by atoms with E-state index in [1.807, 2.05) is 49.5 Å². The summed E-state index contributed by atoms with van der Waals surface area (Å²) in [5.74, 6) is 0.479. The van der Waals surface area contributed by atoms with Crippen LogP contribution in [0.25, 0.3) is 0 Å². The van der Waals surface area contributed by atoms with Gasteiger partial charge in [-0.05, 0) is 36.2 Å². The van der Waals surface area contributed by atoms with Crippen molar-refractivity contribution in [2.75, 3.05) is 12.4 Å². The van der Waals surface area contributed by atoms with E-state index in [0.29, 0.717) is 11.5 Å². The first-order valence-corrected chi connectivity index (χ1v) is 6.91. The van der Waals surface area contributed by atoms with Crippen molar-refractivity contribution in [1.82, 2.24) is 5.32 Å². The van der Waals surface area contributed by atoms with E-state index in [2.05, 4.69) is 22.8 Å². The van der Waals surface area contributed by atoms with Crippen LogP contribution >= 0.6 is 0 Å². The van der Waals surface area contributed by atoms with Gasteiger partial charge in [-0.15, -0.1) is 0 Å². The van der Waals surface area contributed by atoms with Gasteiger partial charge >= 0.3 is 0 Å². The zero-order valence-corrected chi connectivity index (χ0v) is 11.5. The van der Waals surface area contributed by atoms with Crippen LogP contribution in [0.2, 0.25) is 0 Å². The minimum Gasteiger partial charge on any atom is -0.388 e. The van der Waals surface area contributed by atoms with E-state index in [4.69, 9.17) is 0 Å². The van der Waals surface area contributed by atoms with E-state index >= 15 is 0 Å². The molecule has 0 radical (unpaired) electrons. The highest BCUT2D eigenvalue weighted by molar-refractivity contribution is 5.95. The third-order valence-corrected chi connectivity index (χ3v) is 3.77. The molecule has 2 aromatic rings. The van der Waals surface area contributed by atoms with Crippen LogP contribution in [-0.4, -0.2) is 19.0 Å². The number of hydrogen-bond acceptors (Lipinski definition) is 2. The molecule has 3 heteroatoms. The maximum Gasteiger partial charge on any atom is 0.251 e. The average molecular weight is 266 g/mol. The molecular formula is C17H18N2O.